The molecule has 0 aliphatic rings. The molecule has 0 saturated carbocycles. The van der Waals surface area contributed by atoms with Crippen molar-refractivity contribution in [3.8, 4) is 5.75 Å². The highest BCUT2D eigenvalue weighted by Gasteiger charge is 1.98. The molecule has 21 heavy (non-hydrogen) atoms. The Balaban J connectivity index is 1.74. The molecule has 0 fully saturated rings. The Bertz CT molecular complexity index is 509. The molecule has 0 bridgehead atoms. The van der Waals surface area contributed by atoms with Crippen molar-refractivity contribution >= 4 is 0 Å². The van der Waals surface area contributed by atoms with E-state index in [9.17, 15) is 5.11 Å². The van der Waals surface area contributed by atoms with Crippen molar-refractivity contribution in [3.05, 3.63) is 65.7 Å². The minimum atomic E-state index is -0.244. The van der Waals surface area contributed by atoms with Gasteiger partial charge in [-0.25, -0.2) is 0 Å². The fraction of sp³-hybridized carbons (Fsp3) is 0.333. The summed E-state index contributed by atoms with van der Waals surface area (Å²) in [7, 11) is 0. The third kappa shape index (κ3) is 5.98. The van der Waals surface area contributed by atoms with Crippen LogP contribution in [-0.2, 0) is 13.2 Å². The van der Waals surface area contributed by atoms with Gasteiger partial charge in [0.2, 0.25) is 0 Å². The van der Waals surface area contributed by atoms with Gasteiger partial charge in [0, 0.05) is 6.54 Å². The Morgan fingerprint density at radius 3 is 2.38 bits per heavy atom. The molecule has 2 rings (SSSR count). The fourth-order valence-corrected chi connectivity index (χ4v) is 1.99. The second kappa shape index (κ2) is 8.45. The Labute approximate surface area is 126 Å². The standard InChI is InChI=1S/C18H23NO2/c1-15(20)11-12-19-13-16-7-9-18(10-8-16)21-14-17-5-3-2-4-6-17/h2-10,15,19-20H,11-14H2,1H3. The van der Waals surface area contributed by atoms with Crippen molar-refractivity contribution in [3.63, 3.8) is 0 Å². The van der Waals surface area contributed by atoms with Crippen molar-refractivity contribution in [2.45, 2.75) is 32.6 Å². The number of ether oxygens (including phenoxy) is 1. The Morgan fingerprint density at radius 1 is 1.00 bits per heavy atom. The van der Waals surface area contributed by atoms with Crippen LogP contribution in [0.2, 0.25) is 0 Å². The molecule has 1 atom stereocenters. The first-order valence-corrected chi connectivity index (χ1v) is 7.38. The van der Waals surface area contributed by atoms with Gasteiger partial charge in [-0.3, -0.25) is 0 Å². The van der Waals surface area contributed by atoms with Gasteiger partial charge in [0.1, 0.15) is 12.4 Å². The highest BCUT2D eigenvalue weighted by Crippen LogP contribution is 2.14. The zero-order valence-corrected chi connectivity index (χ0v) is 12.5. The van der Waals surface area contributed by atoms with Gasteiger partial charge >= 0.3 is 0 Å². The van der Waals surface area contributed by atoms with Gasteiger partial charge in [-0.1, -0.05) is 42.5 Å². The predicted molar refractivity (Wildman–Crippen MR) is 85.2 cm³/mol. The van der Waals surface area contributed by atoms with E-state index in [4.69, 9.17) is 4.74 Å². The lowest BCUT2D eigenvalue weighted by molar-refractivity contribution is 0.183. The van der Waals surface area contributed by atoms with Crippen LogP contribution in [0.3, 0.4) is 0 Å². The highest BCUT2D eigenvalue weighted by atomic mass is 16.5. The van der Waals surface area contributed by atoms with E-state index in [1.54, 1.807) is 6.92 Å². The third-order valence-corrected chi connectivity index (χ3v) is 3.24. The van der Waals surface area contributed by atoms with Crippen LogP contribution in [-0.4, -0.2) is 17.8 Å². The van der Waals surface area contributed by atoms with E-state index in [1.165, 1.54) is 11.1 Å². The Morgan fingerprint density at radius 2 is 1.71 bits per heavy atom. The van der Waals surface area contributed by atoms with Crippen LogP contribution in [0.5, 0.6) is 5.75 Å². The molecule has 0 spiro atoms. The molecule has 0 aromatic heterocycles. The molecule has 0 saturated heterocycles. The van der Waals surface area contributed by atoms with E-state index < -0.39 is 0 Å². The number of aliphatic hydroxyl groups is 1. The number of rotatable bonds is 8. The van der Waals surface area contributed by atoms with Crippen LogP contribution in [0.25, 0.3) is 0 Å². The number of hydrogen-bond donors (Lipinski definition) is 2. The average Bonchev–Trinajstić information content (AvgIpc) is 2.51. The van der Waals surface area contributed by atoms with E-state index in [0.717, 1.165) is 25.3 Å². The molecular weight excluding hydrogens is 262 g/mol. The molecule has 2 N–H and O–H groups in total. The van der Waals surface area contributed by atoms with Gasteiger partial charge in [-0.15, -0.1) is 0 Å². The zero-order chi connectivity index (χ0) is 14.9. The SMILES string of the molecule is CC(O)CCNCc1ccc(OCc2ccccc2)cc1. The molecule has 1 unspecified atom stereocenters. The highest BCUT2D eigenvalue weighted by molar-refractivity contribution is 5.27. The number of nitrogens with one attached hydrogen (secondary N) is 1. The Hall–Kier alpha value is -1.84. The summed E-state index contributed by atoms with van der Waals surface area (Å²) in [5.74, 6) is 0.881. The molecule has 0 radical (unpaired) electrons. The maximum absolute atomic E-state index is 9.18. The fourth-order valence-electron chi connectivity index (χ4n) is 1.99. The van der Waals surface area contributed by atoms with Crippen molar-refractivity contribution in [1.29, 1.82) is 0 Å². The molecule has 2 aromatic carbocycles. The molecule has 0 amide bonds. The van der Waals surface area contributed by atoms with Crippen LogP contribution in [0.4, 0.5) is 0 Å². The summed E-state index contributed by atoms with van der Waals surface area (Å²) in [4.78, 5) is 0. The number of aliphatic hydroxyl groups excluding tert-OH is 1. The smallest absolute Gasteiger partial charge is 0.119 e. The Kier molecular flexibility index (Phi) is 6.25. The average molecular weight is 285 g/mol. The molecule has 0 aliphatic carbocycles. The second-order valence-electron chi connectivity index (χ2n) is 5.23. The lowest BCUT2D eigenvalue weighted by atomic mass is 10.2. The van der Waals surface area contributed by atoms with Crippen LogP contribution in [0.1, 0.15) is 24.5 Å². The largest absolute Gasteiger partial charge is 0.489 e. The van der Waals surface area contributed by atoms with Crippen LogP contribution >= 0.6 is 0 Å². The summed E-state index contributed by atoms with van der Waals surface area (Å²) in [6.45, 7) is 4.03. The lowest BCUT2D eigenvalue weighted by Crippen LogP contribution is -2.18. The molecule has 0 heterocycles. The van der Waals surface area contributed by atoms with Crippen LogP contribution < -0.4 is 10.1 Å². The first-order chi connectivity index (χ1) is 10.2. The maximum atomic E-state index is 9.18. The van der Waals surface area contributed by atoms with Gasteiger partial charge in [0.05, 0.1) is 6.10 Å². The van der Waals surface area contributed by atoms with E-state index in [0.29, 0.717) is 6.61 Å². The summed E-state index contributed by atoms with van der Waals surface area (Å²) < 4.78 is 5.75. The molecule has 0 aliphatic heterocycles. The normalized spacial score (nSPS) is 12.1. The van der Waals surface area contributed by atoms with Crippen molar-refractivity contribution < 1.29 is 9.84 Å². The molecule has 2 aromatic rings. The molecule has 112 valence electrons. The maximum Gasteiger partial charge on any atom is 0.119 e. The third-order valence-electron chi connectivity index (χ3n) is 3.24. The molecular formula is C18H23NO2. The van der Waals surface area contributed by atoms with E-state index in [2.05, 4.69) is 29.6 Å². The first-order valence-electron chi connectivity index (χ1n) is 7.38. The molecule has 3 nitrogen and oxygen atoms in total. The number of benzene rings is 2. The summed E-state index contributed by atoms with van der Waals surface area (Å²) in [6.07, 6.45) is 0.532. The zero-order valence-electron chi connectivity index (χ0n) is 12.5. The van der Waals surface area contributed by atoms with Crippen molar-refractivity contribution in [1.82, 2.24) is 5.32 Å². The lowest BCUT2D eigenvalue weighted by Gasteiger charge is -2.09. The van der Waals surface area contributed by atoms with Crippen molar-refractivity contribution in [2.75, 3.05) is 6.54 Å². The van der Waals surface area contributed by atoms with E-state index in [-0.39, 0.29) is 6.10 Å². The first kappa shape index (κ1) is 15.5. The van der Waals surface area contributed by atoms with Crippen LogP contribution in [0, 0.1) is 0 Å². The minimum Gasteiger partial charge on any atom is -0.489 e. The van der Waals surface area contributed by atoms with Gasteiger partial charge in [-0.05, 0) is 43.1 Å². The molecule has 3 heteroatoms. The van der Waals surface area contributed by atoms with Crippen LogP contribution in [0.15, 0.2) is 54.6 Å². The van der Waals surface area contributed by atoms with Gasteiger partial charge in [0.25, 0.3) is 0 Å². The van der Waals surface area contributed by atoms with E-state index in [1.807, 2.05) is 30.3 Å². The summed E-state index contributed by atoms with van der Waals surface area (Å²) in [6, 6.07) is 18.3. The van der Waals surface area contributed by atoms with E-state index >= 15 is 0 Å². The topological polar surface area (TPSA) is 41.5 Å². The minimum absolute atomic E-state index is 0.244. The number of hydrogen-bond acceptors (Lipinski definition) is 3. The van der Waals surface area contributed by atoms with Gasteiger partial charge < -0.3 is 15.2 Å². The summed E-state index contributed by atoms with van der Waals surface area (Å²) >= 11 is 0. The quantitative estimate of drug-likeness (QED) is 0.732. The predicted octanol–water partition coefficient (Wildman–Crippen LogP) is 3.13. The summed E-state index contributed by atoms with van der Waals surface area (Å²) in [5, 5.41) is 12.5. The van der Waals surface area contributed by atoms with Crippen molar-refractivity contribution in [2.24, 2.45) is 0 Å². The monoisotopic (exact) mass is 285 g/mol. The van der Waals surface area contributed by atoms with Gasteiger partial charge in [0.15, 0.2) is 0 Å². The summed E-state index contributed by atoms with van der Waals surface area (Å²) in [5.41, 5.74) is 2.38. The van der Waals surface area contributed by atoms with Gasteiger partial charge in [-0.2, -0.15) is 0 Å². The second-order valence-corrected chi connectivity index (χ2v) is 5.23.